The lowest BCUT2D eigenvalue weighted by Crippen LogP contribution is -2.31. The van der Waals surface area contributed by atoms with Gasteiger partial charge in [0.15, 0.2) is 0 Å². The summed E-state index contributed by atoms with van der Waals surface area (Å²) in [6.45, 7) is 4.08. The minimum absolute atomic E-state index is 0.0254. The van der Waals surface area contributed by atoms with Crippen molar-refractivity contribution in [3.8, 4) is 0 Å². The smallest absolute Gasteiger partial charge is 0.233 e. The number of nitrogen functional groups attached to an aromatic ring is 1. The second-order valence-corrected chi connectivity index (χ2v) is 5.22. The summed E-state index contributed by atoms with van der Waals surface area (Å²) in [5.74, 6) is -1.72. The molecule has 0 bridgehead atoms. The van der Waals surface area contributed by atoms with Crippen molar-refractivity contribution in [2.45, 2.75) is 30.4 Å². The maximum absolute atomic E-state index is 13.5. The molecule has 0 heterocycles. The minimum Gasteiger partial charge on any atom is -0.399 e. The largest absolute Gasteiger partial charge is 0.399 e. The highest BCUT2D eigenvalue weighted by molar-refractivity contribution is 8.00. The Morgan fingerprint density at radius 2 is 2.00 bits per heavy atom. The third kappa shape index (κ3) is 3.87. The first kappa shape index (κ1) is 14.8. The van der Waals surface area contributed by atoms with Crippen LogP contribution in [0.15, 0.2) is 17.0 Å². The zero-order valence-electron chi connectivity index (χ0n) is 10.3. The molecule has 6 heteroatoms. The number of amides is 1. The highest BCUT2D eigenvalue weighted by Crippen LogP contribution is 2.30. The Kier molecular flexibility index (Phi) is 5.40. The molecule has 1 rings (SSSR count). The molecule has 1 atom stereocenters. The van der Waals surface area contributed by atoms with Crippen LogP contribution in [-0.4, -0.2) is 17.7 Å². The van der Waals surface area contributed by atoms with Gasteiger partial charge in [0.25, 0.3) is 0 Å². The first-order valence-electron chi connectivity index (χ1n) is 5.64. The van der Waals surface area contributed by atoms with Gasteiger partial charge in [0.05, 0.1) is 10.1 Å². The quantitative estimate of drug-likeness (QED) is 0.641. The first-order chi connectivity index (χ1) is 8.45. The molecule has 0 aliphatic heterocycles. The predicted molar refractivity (Wildman–Crippen MR) is 69.4 cm³/mol. The van der Waals surface area contributed by atoms with E-state index in [-0.39, 0.29) is 16.5 Å². The van der Waals surface area contributed by atoms with Crippen LogP contribution >= 0.6 is 11.8 Å². The molecule has 1 amide bonds. The Morgan fingerprint density at radius 3 is 2.50 bits per heavy atom. The fourth-order valence-electron chi connectivity index (χ4n) is 1.31. The minimum atomic E-state index is -0.743. The Bertz CT molecular complexity index is 417. The van der Waals surface area contributed by atoms with Crippen molar-refractivity contribution in [1.82, 2.24) is 5.32 Å². The van der Waals surface area contributed by atoms with Gasteiger partial charge in [0.2, 0.25) is 5.91 Å². The molecule has 1 aromatic carbocycles. The van der Waals surface area contributed by atoms with Crippen LogP contribution in [0.2, 0.25) is 0 Å². The van der Waals surface area contributed by atoms with Gasteiger partial charge in [0.1, 0.15) is 11.6 Å². The van der Waals surface area contributed by atoms with E-state index >= 15 is 0 Å². The van der Waals surface area contributed by atoms with Gasteiger partial charge in [-0.1, -0.05) is 6.92 Å². The molecule has 100 valence electrons. The maximum Gasteiger partial charge on any atom is 0.233 e. The van der Waals surface area contributed by atoms with Gasteiger partial charge in [-0.2, -0.15) is 0 Å². The number of carbonyl (C=O) groups excluding carboxylic acids is 1. The molecule has 0 aromatic heterocycles. The van der Waals surface area contributed by atoms with E-state index in [4.69, 9.17) is 5.73 Å². The zero-order chi connectivity index (χ0) is 13.7. The summed E-state index contributed by atoms with van der Waals surface area (Å²) in [5.41, 5.74) is 5.34. The van der Waals surface area contributed by atoms with Crippen LogP contribution in [-0.2, 0) is 4.79 Å². The number of hydrogen-bond acceptors (Lipinski definition) is 3. The third-order valence-corrected chi connectivity index (χ3v) is 3.43. The first-order valence-corrected chi connectivity index (χ1v) is 6.52. The van der Waals surface area contributed by atoms with E-state index in [1.54, 1.807) is 6.92 Å². The molecule has 0 radical (unpaired) electrons. The number of nitrogens with two attached hydrogens (primary N) is 1. The number of thioether (sulfide) groups is 1. The molecule has 1 aromatic rings. The summed E-state index contributed by atoms with van der Waals surface area (Å²) in [6, 6.07) is 2.09. The number of nitrogens with one attached hydrogen (secondary N) is 1. The van der Waals surface area contributed by atoms with Gasteiger partial charge < -0.3 is 11.1 Å². The molecule has 3 N–H and O–H groups in total. The van der Waals surface area contributed by atoms with E-state index in [0.29, 0.717) is 6.54 Å². The number of hydrogen-bond donors (Lipinski definition) is 2. The zero-order valence-corrected chi connectivity index (χ0v) is 11.1. The number of benzene rings is 1. The van der Waals surface area contributed by atoms with Gasteiger partial charge in [0, 0.05) is 12.2 Å². The number of rotatable bonds is 5. The standard InChI is InChI=1S/C12H16F2N2OS/c1-3-4-16-12(17)7(2)18-11-9(13)5-8(15)6-10(11)14/h5-7H,3-4,15H2,1-2H3,(H,16,17). The van der Waals surface area contributed by atoms with Crippen molar-refractivity contribution in [2.75, 3.05) is 12.3 Å². The van der Waals surface area contributed by atoms with Crippen LogP contribution < -0.4 is 11.1 Å². The van der Waals surface area contributed by atoms with Gasteiger partial charge >= 0.3 is 0 Å². The van der Waals surface area contributed by atoms with Crippen molar-refractivity contribution in [3.63, 3.8) is 0 Å². The molecular weight excluding hydrogens is 258 g/mol. The lowest BCUT2D eigenvalue weighted by molar-refractivity contribution is -0.120. The second-order valence-electron chi connectivity index (χ2n) is 3.86. The van der Waals surface area contributed by atoms with Crippen molar-refractivity contribution < 1.29 is 13.6 Å². The number of carbonyl (C=O) groups is 1. The fourth-order valence-corrected chi connectivity index (χ4v) is 2.20. The van der Waals surface area contributed by atoms with Gasteiger partial charge in [-0.15, -0.1) is 11.8 Å². The summed E-state index contributed by atoms with van der Waals surface area (Å²) in [7, 11) is 0. The third-order valence-electron chi connectivity index (χ3n) is 2.23. The van der Waals surface area contributed by atoms with Crippen LogP contribution in [0.25, 0.3) is 0 Å². The molecule has 0 aliphatic rings. The summed E-state index contributed by atoms with van der Waals surface area (Å²) in [5, 5.41) is 2.11. The molecular formula is C12H16F2N2OS. The highest BCUT2D eigenvalue weighted by Gasteiger charge is 2.19. The average Bonchev–Trinajstić information content (AvgIpc) is 2.30. The van der Waals surface area contributed by atoms with Crippen molar-refractivity contribution in [1.29, 1.82) is 0 Å². The number of halogens is 2. The van der Waals surface area contributed by atoms with E-state index in [1.807, 2.05) is 6.92 Å². The summed E-state index contributed by atoms with van der Waals surface area (Å²) < 4.78 is 27.0. The molecule has 0 fully saturated rings. The lowest BCUT2D eigenvalue weighted by atomic mass is 10.3. The van der Waals surface area contributed by atoms with Crippen molar-refractivity contribution in [3.05, 3.63) is 23.8 Å². The predicted octanol–water partition coefficient (Wildman–Crippen LogP) is 2.55. The summed E-state index contributed by atoms with van der Waals surface area (Å²) in [6.07, 6.45) is 0.813. The topological polar surface area (TPSA) is 55.1 Å². The molecule has 3 nitrogen and oxygen atoms in total. The van der Waals surface area contributed by atoms with E-state index in [0.717, 1.165) is 30.3 Å². The van der Waals surface area contributed by atoms with Crippen LogP contribution in [0.3, 0.4) is 0 Å². The molecule has 0 spiro atoms. The van der Waals surface area contributed by atoms with Crippen LogP contribution in [0, 0.1) is 11.6 Å². The van der Waals surface area contributed by atoms with Crippen LogP contribution in [0.5, 0.6) is 0 Å². The van der Waals surface area contributed by atoms with Crippen LogP contribution in [0.4, 0.5) is 14.5 Å². The molecule has 1 unspecified atom stereocenters. The summed E-state index contributed by atoms with van der Waals surface area (Å²) >= 11 is 0.846. The van der Waals surface area contributed by atoms with Gasteiger partial charge in [-0.05, 0) is 25.5 Å². The Morgan fingerprint density at radius 1 is 1.44 bits per heavy atom. The van der Waals surface area contributed by atoms with Gasteiger partial charge in [-0.25, -0.2) is 8.78 Å². The van der Waals surface area contributed by atoms with E-state index in [2.05, 4.69) is 5.32 Å². The Hall–Kier alpha value is -1.30. The van der Waals surface area contributed by atoms with E-state index in [1.165, 1.54) is 0 Å². The monoisotopic (exact) mass is 274 g/mol. The van der Waals surface area contributed by atoms with Crippen molar-refractivity contribution >= 4 is 23.4 Å². The average molecular weight is 274 g/mol. The second kappa shape index (κ2) is 6.58. The molecule has 18 heavy (non-hydrogen) atoms. The van der Waals surface area contributed by atoms with Gasteiger partial charge in [-0.3, -0.25) is 4.79 Å². The van der Waals surface area contributed by atoms with E-state index < -0.39 is 16.9 Å². The Labute approximate surface area is 109 Å². The number of anilines is 1. The lowest BCUT2D eigenvalue weighted by Gasteiger charge is -2.12. The summed E-state index contributed by atoms with van der Waals surface area (Å²) in [4.78, 5) is 11.4. The van der Waals surface area contributed by atoms with Crippen LogP contribution in [0.1, 0.15) is 20.3 Å². The molecule has 0 saturated heterocycles. The normalized spacial score (nSPS) is 12.2. The molecule has 0 saturated carbocycles. The Balaban J connectivity index is 2.75. The maximum atomic E-state index is 13.5. The highest BCUT2D eigenvalue weighted by atomic mass is 32.2. The fraction of sp³-hybridized carbons (Fsp3) is 0.417. The van der Waals surface area contributed by atoms with Crippen molar-refractivity contribution in [2.24, 2.45) is 0 Å². The van der Waals surface area contributed by atoms with E-state index in [9.17, 15) is 13.6 Å². The SMILES string of the molecule is CCCNC(=O)C(C)Sc1c(F)cc(N)cc1F. The molecule has 0 aliphatic carbocycles.